The lowest BCUT2D eigenvalue weighted by atomic mass is 9.98. The fraction of sp³-hybridized carbons (Fsp3) is 0.167. The highest BCUT2D eigenvalue weighted by Crippen LogP contribution is 2.28. The molecule has 1 aromatic rings. The second-order valence-corrected chi connectivity index (χ2v) is 4.22. The first-order valence-corrected chi connectivity index (χ1v) is 5.02. The molecule has 0 bridgehead atoms. The van der Waals surface area contributed by atoms with E-state index in [1.165, 1.54) is 5.56 Å². The summed E-state index contributed by atoms with van der Waals surface area (Å²) in [5.41, 5.74) is 2.32. The molecule has 2 heteroatoms. The maximum Gasteiger partial charge on any atom is 0.130 e. The van der Waals surface area contributed by atoms with Crippen LogP contribution in [0.2, 0.25) is 0 Å². The van der Waals surface area contributed by atoms with Gasteiger partial charge in [0.05, 0.1) is 0 Å². The summed E-state index contributed by atoms with van der Waals surface area (Å²) < 4.78 is 0. The van der Waals surface area contributed by atoms with E-state index in [2.05, 4.69) is 24.8 Å². The van der Waals surface area contributed by atoms with Crippen LogP contribution in [0.5, 0.6) is 0 Å². The predicted molar refractivity (Wildman–Crippen MR) is 62.1 cm³/mol. The molecule has 1 atom stereocenters. The number of rotatable bonds is 1. The van der Waals surface area contributed by atoms with Crippen LogP contribution in [0, 0.1) is 0 Å². The summed E-state index contributed by atoms with van der Waals surface area (Å²) in [6, 6.07) is 10.1. The van der Waals surface area contributed by atoms with Gasteiger partial charge < -0.3 is 5.11 Å². The number of thiol groups is 1. The topological polar surface area (TPSA) is 20.2 Å². The molecule has 0 amide bonds. The summed E-state index contributed by atoms with van der Waals surface area (Å²) in [6.45, 7) is 0. The van der Waals surface area contributed by atoms with Gasteiger partial charge >= 0.3 is 0 Å². The molecule has 1 aliphatic rings. The maximum absolute atomic E-state index is 9.57. The molecule has 14 heavy (non-hydrogen) atoms. The zero-order valence-corrected chi connectivity index (χ0v) is 8.61. The average Bonchev–Trinajstić information content (AvgIpc) is 2.19. The summed E-state index contributed by atoms with van der Waals surface area (Å²) in [7, 11) is 0. The van der Waals surface area contributed by atoms with E-state index in [0.29, 0.717) is 6.42 Å². The molecule has 0 radical (unpaired) electrons. The molecular formula is C12H12OS. The van der Waals surface area contributed by atoms with Crippen molar-refractivity contribution in [2.45, 2.75) is 11.4 Å². The minimum absolute atomic E-state index is 0.552. The Hall–Kier alpha value is -0.990. The molecule has 0 saturated carbocycles. The van der Waals surface area contributed by atoms with Gasteiger partial charge in [0.25, 0.3) is 0 Å². The summed E-state index contributed by atoms with van der Waals surface area (Å²) in [6.07, 6.45) is 6.18. The van der Waals surface area contributed by atoms with Crippen LogP contribution in [0.4, 0.5) is 0 Å². The van der Waals surface area contributed by atoms with Gasteiger partial charge in [-0.3, -0.25) is 0 Å². The quantitative estimate of drug-likeness (QED) is 0.532. The zero-order valence-electron chi connectivity index (χ0n) is 7.72. The number of allylic oxidation sites excluding steroid dienone is 2. The van der Waals surface area contributed by atoms with Gasteiger partial charge in [-0.2, -0.15) is 0 Å². The highest BCUT2D eigenvalue weighted by molar-refractivity contribution is 7.81. The van der Waals surface area contributed by atoms with Crippen LogP contribution in [0.25, 0.3) is 5.57 Å². The normalized spacial score (nSPS) is 26.0. The molecular weight excluding hydrogens is 192 g/mol. The van der Waals surface area contributed by atoms with E-state index >= 15 is 0 Å². The summed E-state index contributed by atoms with van der Waals surface area (Å²) in [5.74, 6) is 0. The van der Waals surface area contributed by atoms with Crippen LogP contribution in [-0.4, -0.2) is 10.0 Å². The van der Waals surface area contributed by atoms with Crippen molar-refractivity contribution in [2.75, 3.05) is 0 Å². The van der Waals surface area contributed by atoms with Gasteiger partial charge in [0.15, 0.2) is 0 Å². The Balaban J connectivity index is 2.25. The molecule has 1 N–H and O–H groups in total. The maximum atomic E-state index is 9.57. The van der Waals surface area contributed by atoms with Crippen molar-refractivity contribution in [3.8, 4) is 0 Å². The predicted octanol–water partition coefficient (Wildman–Crippen LogP) is 2.65. The first kappa shape index (κ1) is 9.56. The third kappa shape index (κ3) is 2.08. The monoisotopic (exact) mass is 204 g/mol. The van der Waals surface area contributed by atoms with Gasteiger partial charge in [-0.1, -0.05) is 42.5 Å². The van der Waals surface area contributed by atoms with E-state index in [-0.39, 0.29) is 0 Å². The van der Waals surface area contributed by atoms with Crippen LogP contribution in [0.15, 0.2) is 48.6 Å². The lowest BCUT2D eigenvalue weighted by molar-refractivity contribution is 0.193. The van der Waals surface area contributed by atoms with Crippen LogP contribution >= 0.6 is 12.6 Å². The minimum Gasteiger partial charge on any atom is -0.376 e. The third-order valence-corrected chi connectivity index (χ3v) is 2.59. The fourth-order valence-corrected chi connectivity index (χ4v) is 1.63. The smallest absolute Gasteiger partial charge is 0.130 e. The van der Waals surface area contributed by atoms with E-state index in [9.17, 15) is 5.11 Å². The molecule has 2 rings (SSSR count). The molecule has 0 heterocycles. The molecule has 1 nitrogen and oxygen atoms in total. The molecule has 0 fully saturated rings. The van der Waals surface area contributed by atoms with Crippen LogP contribution in [0.3, 0.4) is 0 Å². The van der Waals surface area contributed by atoms with E-state index in [4.69, 9.17) is 0 Å². The SMILES string of the molecule is OC1(S)C=CC(c2ccccc2)=CC1. The van der Waals surface area contributed by atoms with Crippen LogP contribution in [-0.2, 0) is 0 Å². The second kappa shape index (κ2) is 3.64. The standard InChI is InChI=1S/C12H12OS/c13-12(14)8-6-11(7-9-12)10-4-2-1-3-5-10/h1-8,13-14H,9H2. The van der Waals surface area contributed by atoms with Crippen molar-refractivity contribution < 1.29 is 5.11 Å². The molecule has 0 saturated heterocycles. The number of aliphatic hydroxyl groups is 1. The van der Waals surface area contributed by atoms with E-state index in [1.807, 2.05) is 30.4 Å². The average molecular weight is 204 g/mol. The Morgan fingerprint density at radius 1 is 1.21 bits per heavy atom. The number of hydrogen-bond donors (Lipinski definition) is 2. The summed E-state index contributed by atoms with van der Waals surface area (Å²) in [4.78, 5) is -0.974. The lowest BCUT2D eigenvalue weighted by Gasteiger charge is -2.20. The molecule has 0 aliphatic heterocycles. The van der Waals surface area contributed by atoms with Crippen molar-refractivity contribution in [2.24, 2.45) is 0 Å². The van der Waals surface area contributed by atoms with E-state index < -0.39 is 4.93 Å². The van der Waals surface area contributed by atoms with Crippen molar-refractivity contribution in [3.05, 3.63) is 54.1 Å². The molecule has 0 spiro atoms. The Bertz CT molecular complexity index is 377. The lowest BCUT2D eigenvalue weighted by Crippen LogP contribution is -2.17. The highest BCUT2D eigenvalue weighted by atomic mass is 32.1. The molecule has 1 aromatic carbocycles. The minimum atomic E-state index is -0.974. The van der Waals surface area contributed by atoms with Crippen molar-refractivity contribution in [1.29, 1.82) is 0 Å². The Morgan fingerprint density at radius 2 is 1.93 bits per heavy atom. The molecule has 0 aromatic heterocycles. The Morgan fingerprint density at radius 3 is 2.50 bits per heavy atom. The van der Waals surface area contributed by atoms with Crippen molar-refractivity contribution in [3.63, 3.8) is 0 Å². The zero-order chi connectivity index (χ0) is 10.0. The van der Waals surface area contributed by atoms with Gasteiger partial charge in [0, 0.05) is 6.42 Å². The first-order valence-electron chi connectivity index (χ1n) is 4.57. The summed E-state index contributed by atoms with van der Waals surface area (Å²) in [5, 5.41) is 9.57. The molecule has 1 unspecified atom stereocenters. The van der Waals surface area contributed by atoms with Crippen LogP contribution in [0.1, 0.15) is 12.0 Å². The molecule has 1 aliphatic carbocycles. The second-order valence-electron chi connectivity index (χ2n) is 3.44. The third-order valence-electron chi connectivity index (χ3n) is 2.26. The Kier molecular flexibility index (Phi) is 2.48. The van der Waals surface area contributed by atoms with Gasteiger partial charge in [-0.05, 0) is 17.2 Å². The number of hydrogen-bond acceptors (Lipinski definition) is 2. The first-order chi connectivity index (χ1) is 6.67. The van der Waals surface area contributed by atoms with Crippen molar-refractivity contribution >= 4 is 18.2 Å². The van der Waals surface area contributed by atoms with Crippen LogP contribution < -0.4 is 0 Å². The van der Waals surface area contributed by atoms with E-state index in [0.717, 1.165) is 5.57 Å². The fourth-order valence-electron chi connectivity index (χ4n) is 1.46. The van der Waals surface area contributed by atoms with Crippen molar-refractivity contribution in [1.82, 2.24) is 0 Å². The highest BCUT2D eigenvalue weighted by Gasteiger charge is 2.19. The largest absolute Gasteiger partial charge is 0.376 e. The van der Waals surface area contributed by atoms with Gasteiger partial charge in [-0.15, -0.1) is 12.6 Å². The van der Waals surface area contributed by atoms with Gasteiger partial charge in [0.1, 0.15) is 4.93 Å². The van der Waals surface area contributed by atoms with E-state index in [1.54, 1.807) is 6.08 Å². The Labute approximate surface area is 89.2 Å². The molecule has 72 valence electrons. The summed E-state index contributed by atoms with van der Waals surface area (Å²) >= 11 is 4.10. The number of benzene rings is 1. The van der Waals surface area contributed by atoms with Gasteiger partial charge in [-0.25, -0.2) is 0 Å². The van der Waals surface area contributed by atoms with Gasteiger partial charge in [0.2, 0.25) is 0 Å².